The van der Waals surface area contributed by atoms with E-state index in [9.17, 15) is 24.0 Å². The number of ether oxygens (including phenoxy) is 1. The number of carbonyl (C=O) groups is 5. The first-order valence-corrected chi connectivity index (χ1v) is 11.1. The lowest BCUT2D eigenvalue weighted by Gasteiger charge is -2.22. The minimum atomic E-state index is -0.798. The number of hydrogen-bond donors (Lipinski definition) is 1. The first-order valence-electron chi connectivity index (χ1n) is 11.1. The fraction of sp³-hybridized carbons (Fsp3) is 0.192. The van der Waals surface area contributed by atoms with Gasteiger partial charge in [0.1, 0.15) is 6.04 Å². The van der Waals surface area contributed by atoms with Gasteiger partial charge in [-0.25, -0.2) is 4.79 Å². The summed E-state index contributed by atoms with van der Waals surface area (Å²) in [6, 6.07) is 13.3. The Bertz CT molecular complexity index is 1360. The lowest BCUT2D eigenvalue weighted by Crippen LogP contribution is -2.42. The van der Waals surface area contributed by atoms with E-state index in [1.165, 1.54) is 35.4 Å². The van der Waals surface area contributed by atoms with Gasteiger partial charge in [0.15, 0.2) is 23.9 Å². The monoisotopic (exact) mass is 472 g/mol. The van der Waals surface area contributed by atoms with E-state index in [1.54, 1.807) is 30.3 Å². The van der Waals surface area contributed by atoms with Crippen LogP contribution in [0.15, 0.2) is 65.3 Å². The molecule has 2 aliphatic rings. The second-order valence-electron chi connectivity index (χ2n) is 8.25. The summed E-state index contributed by atoms with van der Waals surface area (Å²) >= 11 is 0. The molecule has 0 saturated carbocycles. The SMILES string of the molecule is O=C(COC(=O)[C@@H]1CCCN1C(=O)c1ccco1)Nc1ccc2c(c1)C(=O)c1ccccc1C2=O. The van der Waals surface area contributed by atoms with Gasteiger partial charge in [-0.05, 0) is 43.2 Å². The summed E-state index contributed by atoms with van der Waals surface area (Å²) in [5.74, 6) is -2.14. The van der Waals surface area contributed by atoms with Crippen molar-refractivity contribution in [2.24, 2.45) is 0 Å². The minimum absolute atomic E-state index is 0.130. The molecule has 9 heteroatoms. The summed E-state index contributed by atoms with van der Waals surface area (Å²) in [5, 5.41) is 2.58. The van der Waals surface area contributed by atoms with Crippen molar-refractivity contribution >= 4 is 35.0 Å². The molecule has 0 unspecified atom stereocenters. The Morgan fingerprint density at radius 2 is 1.66 bits per heavy atom. The number of fused-ring (bicyclic) bond motifs is 2. The van der Waals surface area contributed by atoms with Crippen LogP contribution in [-0.2, 0) is 14.3 Å². The van der Waals surface area contributed by atoms with Gasteiger partial charge in [0.05, 0.1) is 6.26 Å². The fourth-order valence-corrected chi connectivity index (χ4v) is 4.40. The number of nitrogens with one attached hydrogen (secondary N) is 1. The number of ketones is 2. The molecular formula is C26H20N2O7. The smallest absolute Gasteiger partial charge is 0.329 e. The van der Waals surface area contributed by atoms with Gasteiger partial charge in [-0.3, -0.25) is 19.2 Å². The van der Waals surface area contributed by atoms with Crippen LogP contribution >= 0.6 is 0 Å². The number of nitrogens with zero attached hydrogens (tertiary/aromatic N) is 1. The van der Waals surface area contributed by atoms with E-state index in [4.69, 9.17) is 9.15 Å². The Hall–Kier alpha value is -4.53. The average molecular weight is 472 g/mol. The Labute approximate surface area is 199 Å². The summed E-state index contributed by atoms with van der Waals surface area (Å²) in [5.41, 5.74) is 1.41. The zero-order valence-electron chi connectivity index (χ0n) is 18.5. The zero-order chi connectivity index (χ0) is 24.5. The fourth-order valence-electron chi connectivity index (χ4n) is 4.40. The Kier molecular flexibility index (Phi) is 5.74. The molecular weight excluding hydrogens is 452 g/mol. The number of benzene rings is 2. The quantitative estimate of drug-likeness (QED) is 0.443. The third-order valence-corrected chi connectivity index (χ3v) is 6.07. The van der Waals surface area contributed by atoms with E-state index in [2.05, 4.69) is 5.32 Å². The molecule has 1 aliphatic heterocycles. The molecule has 1 N–H and O–H groups in total. The molecule has 1 aliphatic carbocycles. The highest BCUT2D eigenvalue weighted by atomic mass is 16.5. The summed E-state index contributed by atoms with van der Waals surface area (Å²) in [6.45, 7) is -0.179. The molecule has 2 aromatic carbocycles. The van der Waals surface area contributed by atoms with Crippen molar-refractivity contribution in [3.63, 3.8) is 0 Å². The van der Waals surface area contributed by atoms with Crippen molar-refractivity contribution in [1.29, 1.82) is 0 Å². The molecule has 1 aromatic heterocycles. The molecule has 1 saturated heterocycles. The van der Waals surface area contributed by atoms with Crippen LogP contribution in [0.1, 0.15) is 55.2 Å². The predicted molar refractivity (Wildman–Crippen MR) is 122 cm³/mol. The van der Waals surface area contributed by atoms with Gasteiger partial charge in [-0.2, -0.15) is 0 Å². The molecule has 3 aromatic rings. The normalized spacial score (nSPS) is 16.5. The molecule has 0 bridgehead atoms. The maximum absolute atomic E-state index is 12.9. The standard InChI is InChI=1S/C26H20N2O7/c29-22(14-35-26(33)20-7-3-11-28(20)25(32)21-8-4-12-34-21)27-15-9-10-18-19(13-15)24(31)17-6-2-1-5-16(17)23(18)30/h1-2,4-6,8-10,12-13,20H,3,7,11,14H2,(H,27,29)/t20-/m0/s1. The number of amides is 2. The summed E-state index contributed by atoms with van der Waals surface area (Å²) in [7, 11) is 0. The van der Waals surface area contributed by atoms with Crippen LogP contribution in [0.25, 0.3) is 0 Å². The van der Waals surface area contributed by atoms with E-state index < -0.39 is 30.4 Å². The highest BCUT2D eigenvalue weighted by molar-refractivity contribution is 6.28. The van der Waals surface area contributed by atoms with Crippen LogP contribution in [0, 0.1) is 0 Å². The van der Waals surface area contributed by atoms with E-state index >= 15 is 0 Å². The van der Waals surface area contributed by atoms with Crippen molar-refractivity contribution in [2.75, 3.05) is 18.5 Å². The molecule has 9 nitrogen and oxygen atoms in total. The van der Waals surface area contributed by atoms with E-state index in [-0.39, 0.29) is 28.5 Å². The van der Waals surface area contributed by atoms with Gasteiger partial charge < -0.3 is 19.4 Å². The zero-order valence-corrected chi connectivity index (χ0v) is 18.5. The van der Waals surface area contributed by atoms with Crippen molar-refractivity contribution < 1.29 is 33.1 Å². The highest BCUT2D eigenvalue weighted by Crippen LogP contribution is 2.29. The number of esters is 1. The van der Waals surface area contributed by atoms with Crippen LogP contribution in [0.2, 0.25) is 0 Å². The molecule has 176 valence electrons. The van der Waals surface area contributed by atoms with Crippen molar-refractivity contribution in [2.45, 2.75) is 18.9 Å². The van der Waals surface area contributed by atoms with Gasteiger partial charge >= 0.3 is 5.97 Å². The van der Waals surface area contributed by atoms with Crippen LogP contribution in [0.5, 0.6) is 0 Å². The maximum atomic E-state index is 12.9. The van der Waals surface area contributed by atoms with Crippen molar-refractivity contribution in [1.82, 2.24) is 4.90 Å². The summed E-state index contributed by atoms with van der Waals surface area (Å²) in [6.07, 6.45) is 2.43. The number of anilines is 1. The number of likely N-dealkylation sites (tertiary alicyclic amines) is 1. The topological polar surface area (TPSA) is 123 Å². The van der Waals surface area contributed by atoms with Crippen LogP contribution in [-0.4, -0.2) is 53.4 Å². The van der Waals surface area contributed by atoms with Crippen molar-refractivity contribution in [3.05, 3.63) is 88.9 Å². The number of rotatable bonds is 5. The maximum Gasteiger partial charge on any atom is 0.329 e. The van der Waals surface area contributed by atoms with Gasteiger partial charge in [0.2, 0.25) is 0 Å². The van der Waals surface area contributed by atoms with Gasteiger partial charge in [-0.15, -0.1) is 0 Å². The summed E-state index contributed by atoms with van der Waals surface area (Å²) < 4.78 is 10.3. The third kappa shape index (κ3) is 4.12. The van der Waals surface area contributed by atoms with Crippen LogP contribution < -0.4 is 5.32 Å². The van der Waals surface area contributed by atoms with Gasteiger partial charge in [0, 0.05) is 34.5 Å². The summed E-state index contributed by atoms with van der Waals surface area (Å²) in [4.78, 5) is 64.5. The lowest BCUT2D eigenvalue weighted by atomic mass is 9.84. The van der Waals surface area contributed by atoms with Gasteiger partial charge in [-0.1, -0.05) is 24.3 Å². The molecule has 0 radical (unpaired) electrons. The lowest BCUT2D eigenvalue weighted by molar-refractivity contribution is -0.151. The van der Waals surface area contributed by atoms with E-state index in [0.717, 1.165) is 0 Å². The minimum Gasteiger partial charge on any atom is -0.459 e. The largest absolute Gasteiger partial charge is 0.459 e. The van der Waals surface area contributed by atoms with E-state index in [0.29, 0.717) is 36.2 Å². The molecule has 35 heavy (non-hydrogen) atoms. The predicted octanol–water partition coefficient (Wildman–Crippen LogP) is 2.84. The van der Waals surface area contributed by atoms with E-state index in [1.807, 2.05) is 0 Å². The Morgan fingerprint density at radius 3 is 2.37 bits per heavy atom. The second kappa shape index (κ2) is 9.02. The first-order chi connectivity index (χ1) is 16.9. The second-order valence-corrected chi connectivity index (χ2v) is 8.25. The molecule has 1 atom stereocenters. The van der Waals surface area contributed by atoms with Crippen LogP contribution in [0.3, 0.4) is 0 Å². The third-order valence-electron chi connectivity index (χ3n) is 6.07. The Balaban J connectivity index is 1.22. The first kappa shape index (κ1) is 22.3. The van der Waals surface area contributed by atoms with Gasteiger partial charge in [0.25, 0.3) is 11.8 Å². The average Bonchev–Trinajstić information content (AvgIpc) is 3.58. The highest BCUT2D eigenvalue weighted by Gasteiger charge is 2.37. The Morgan fingerprint density at radius 1 is 0.943 bits per heavy atom. The van der Waals surface area contributed by atoms with Crippen LogP contribution in [0.4, 0.5) is 5.69 Å². The molecule has 2 heterocycles. The number of hydrogen-bond acceptors (Lipinski definition) is 7. The molecule has 1 fully saturated rings. The number of furan rings is 1. The molecule has 0 spiro atoms. The van der Waals surface area contributed by atoms with Crippen molar-refractivity contribution in [3.8, 4) is 0 Å². The molecule has 5 rings (SSSR count). The number of carbonyl (C=O) groups excluding carboxylic acids is 5. The molecule has 2 amide bonds.